The monoisotopic (exact) mass is 273 g/mol. The van der Waals surface area contributed by atoms with Gasteiger partial charge in [0, 0.05) is 19.2 Å². The van der Waals surface area contributed by atoms with Gasteiger partial charge in [0.15, 0.2) is 5.76 Å². The first-order chi connectivity index (χ1) is 8.58. The number of aromatic nitrogens is 1. The first-order valence-electron chi connectivity index (χ1n) is 6.25. The molecule has 0 aliphatic carbocycles. The van der Waals surface area contributed by atoms with Gasteiger partial charge in [-0.1, -0.05) is 18.0 Å². The predicted octanol–water partition coefficient (Wildman–Crippen LogP) is 1.19. The fourth-order valence-corrected chi connectivity index (χ4v) is 3.28. The van der Waals surface area contributed by atoms with Crippen molar-refractivity contribution < 1.29 is 12.9 Å². The minimum atomic E-state index is -3.40. The van der Waals surface area contributed by atoms with Crippen molar-refractivity contribution in [2.45, 2.75) is 39.2 Å². The van der Waals surface area contributed by atoms with Crippen LogP contribution >= 0.6 is 0 Å². The van der Waals surface area contributed by atoms with Crippen LogP contribution in [-0.2, 0) is 16.8 Å². The number of rotatable bonds is 4. The molecule has 0 bridgehead atoms. The molecule has 1 aliphatic rings. The summed E-state index contributed by atoms with van der Waals surface area (Å²) in [4.78, 5) is 0. The Morgan fingerprint density at radius 1 is 1.33 bits per heavy atom. The molecule has 6 nitrogen and oxygen atoms in total. The summed E-state index contributed by atoms with van der Waals surface area (Å²) in [5.74, 6) is 0.533. The van der Waals surface area contributed by atoms with E-state index in [1.807, 2.05) is 0 Å². The molecule has 0 saturated carbocycles. The Hall–Kier alpha value is -0.920. The highest BCUT2D eigenvalue weighted by Gasteiger charge is 2.22. The van der Waals surface area contributed by atoms with Gasteiger partial charge in [-0.3, -0.25) is 0 Å². The zero-order chi connectivity index (χ0) is 13.0. The second kappa shape index (κ2) is 5.81. The van der Waals surface area contributed by atoms with Gasteiger partial charge in [-0.25, -0.2) is 0 Å². The lowest BCUT2D eigenvalue weighted by Crippen LogP contribution is -2.40. The van der Waals surface area contributed by atoms with Gasteiger partial charge < -0.3 is 4.52 Å². The van der Waals surface area contributed by atoms with E-state index < -0.39 is 10.2 Å². The van der Waals surface area contributed by atoms with Crippen molar-refractivity contribution in [3.05, 3.63) is 17.5 Å². The molecule has 2 rings (SSSR count). The maximum absolute atomic E-state index is 12.1. The van der Waals surface area contributed by atoms with Crippen molar-refractivity contribution in [3.63, 3.8) is 0 Å². The van der Waals surface area contributed by atoms with Gasteiger partial charge in [-0.05, 0) is 19.8 Å². The molecule has 1 aromatic rings. The lowest BCUT2D eigenvalue weighted by Gasteiger charge is -2.19. The Bertz CT molecular complexity index is 475. The maximum atomic E-state index is 12.1. The molecular formula is C11H19N3O3S. The molecule has 18 heavy (non-hydrogen) atoms. The number of nitrogens with one attached hydrogen (secondary N) is 1. The highest BCUT2D eigenvalue weighted by Crippen LogP contribution is 2.12. The summed E-state index contributed by atoms with van der Waals surface area (Å²) < 4.78 is 33.2. The zero-order valence-corrected chi connectivity index (χ0v) is 11.4. The summed E-state index contributed by atoms with van der Waals surface area (Å²) in [6.45, 7) is 3.16. The molecule has 1 aliphatic heterocycles. The van der Waals surface area contributed by atoms with Crippen molar-refractivity contribution in [1.82, 2.24) is 14.2 Å². The third-order valence-electron chi connectivity index (χ3n) is 3.01. The minimum absolute atomic E-state index is 0.152. The zero-order valence-electron chi connectivity index (χ0n) is 10.6. The van der Waals surface area contributed by atoms with Crippen LogP contribution in [0.15, 0.2) is 10.6 Å². The van der Waals surface area contributed by atoms with E-state index in [-0.39, 0.29) is 6.54 Å². The highest BCUT2D eigenvalue weighted by atomic mass is 32.2. The van der Waals surface area contributed by atoms with Crippen LogP contribution < -0.4 is 4.72 Å². The fourth-order valence-electron chi connectivity index (χ4n) is 2.04. The van der Waals surface area contributed by atoms with Crippen LogP contribution in [0, 0.1) is 6.92 Å². The van der Waals surface area contributed by atoms with E-state index in [2.05, 4.69) is 9.88 Å². The van der Waals surface area contributed by atoms with Crippen molar-refractivity contribution in [2.75, 3.05) is 13.1 Å². The molecular weight excluding hydrogens is 254 g/mol. The molecule has 7 heteroatoms. The van der Waals surface area contributed by atoms with E-state index in [0.29, 0.717) is 18.8 Å². The lowest BCUT2D eigenvalue weighted by molar-refractivity contribution is 0.371. The Balaban J connectivity index is 1.93. The van der Waals surface area contributed by atoms with E-state index in [4.69, 9.17) is 4.52 Å². The third-order valence-corrected chi connectivity index (χ3v) is 4.56. The Kier molecular flexibility index (Phi) is 4.36. The van der Waals surface area contributed by atoms with Gasteiger partial charge in [0.1, 0.15) is 0 Å². The Morgan fingerprint density at radius 3 is 2.56 bits per heavy atom. The van der Waals surface area contributed by atoms with E-state index >= 15 is 0 Å². The molecule has 1 aromatic heterocycles. The Labute approximate surface area is 108 Å². The molecule has 1 saturated heterocycles. The summed E-state index contributed by atoms with van der Waals surface area (Å²) in [5, 5.41) is 3.72. The van der Waals surface area contributed by atoms with Crippen LogP contribution in [0.5, 0.6) is 0 Å². The molecule has 0 unspecified atom stereocenters. The van der Waals surface area contributed by atoms with Crippen LogP contribution in [0.3, 0.4) is 0 Å². The molecule has 0 aromatic carbocycles. The largest absolute Gasteiger partial charge is 0.360 e. The molecule has 2 heterocycles. The van der Waals surface area contributed by atoms with Crippen LogP contribution in [0.4, 0.5) is 0 Å². The summed E-state index contributed by atoms with van der Waals surface area (Å²) in [6.07, 6.45) is 4.07. The minimum Gasteiger partial charge on any atom is -0.360 e. The normalized spacial score (nSPS) is 18.7. The van der Waals surface area contributed by atoms with Gasteiger partial charge in [0.25, 0.3) is 10.2 Å². The average Bonchev–Trinajstić information content (AvgIpc) is 2.59. The maximum Gasteiger partial charge on any atom is 0.279 e. The summed E-state index contributed by atoms with van der Waals surface area (Å²) in [6, 6.07) is 1.73. The van der Waals surface area contributed by atoms with Crippen LogP contribution in [0.25, 0.3) is 0 Å². The second-order valence-electron chi connectivity index (χ2n) is 4.57. The van der Waals surface area contributed by atoms with Gasteiger partial charge in [-0.2, -0.15) is 17.4 Å². The summed E-state index contributed by atoms with van der Waals surface area (Å²) in [7, 11) is -3.40. The van der Waals surface area contributed by atoms with E-state index in [1.165, 1.54) is 4.31 Å². The molecule has 0 radical (unpaired) electrons. The van der Waals surface area contributed by atoms with Crippen molar-refractivity contribution >= 4 is 10.2 Å². The number of hydrogen-bond donors (Lipinski definition) is 1. The molecule has 0 spiro atoms. The van der Waals surface area contributed by atoms with Gasteiger partial charge in [0.2, 0.25) is 0 Å². The predicted molar refractivity (Wildman–Crippen MR) is 67.0 cm³/mol. The molecule has 0 atom stereocenters. The second-order valence-corrected chi connectivity index (χ2v) is 6.33. The number of nitrogens with zero attached hydrogens (tertiary/aromatic N) is 2. The fraction of sp³-hybridized carbons (Fsp3) is 0.727. The molecule has 0 amide bonds. The highest BCUT2D eigenvalue weighted by molar-refractivity contribution is 7.87. The van der Waals surface area contributed by atoms with Crippen molar-refractivity contribution in [1.29, 1.82) is 0 Å². The number of hydrogen-bond acceptors (Lipinski definition) is 4. The Morgan fingerprint density at radius 2 is 2.00 bits per heavy atom. The summed E-state index contributed by atoms with van der Waals surface area (Å²) >= 11 is 0. The summed E-state index contributed by atoms with van der Waals surface area (Å²) in [5.41, 5.74) is 0.749. The standard InChI is InChI=1S/C11H19N3O3S/c1-10-8-11(17-13-10)9-12-18(15,16)14-6-4-2-3-5-7-14/h8,12H,2-7,9H2,1H3. The third kappa shape index (κ3) is 3.54. The van der Waals surface area contributed by atoms with Gasteiger partial charge in [0.05, 0.1) is 12.2 Å². The lowest BCUT2D eigenvalue weighted by atomic mass is 10.2. The molecule has 1 N–H and O–H groups in total. The van der Waals surface area contributed by atoms with Crippen molar-refractivity contribution in [2.24, 2.45) is 0 Å². The van der Waals surface area contributed by atoms with E-state index in [9.17, 15) is 8.42 Å². The van der Waals surface area contributed by atoms with Gasteiger partial charge in [-0.15, -0.1) is 0 Å². The first kappa shape index (κ1) is 13.5. The quantitative estimate of drug-likeness (QED) is 0.894. The molecule has 102 valence electrons. The van der Waals surface area contributed by atoms with Gasteiger partial charge >= 0.3 is 0 Å². The van der Waals surface area contributed by atoms with E-state index in [0.717, 1.165) is 31.4 Å². The van der Waals surface area contributed by atoms with Crippen LogP contribution in [0.2, 0.25) is 0 Å². The first-order valence-corrected chi connectivity index (χ1v) is 7.69. The van der Waals surface area contributed by atoms with Crippen LogP contribution in [-0.4, -0.2) is 31.0 Å². The number of aryl methyl sites for hydroxylation is 1. The van der Waals surface area contributed by atoms with Crippen molar-refractivity contribution in [3.8, 4) is 0 Å². The smallest absolute Gasteiger partial charge is 0.279 e. The average molecular weight is 273 g/mol. The SMILES string of the molecule is Cc1cc(CNS(=O)(=O)N2CCCCCC2)on1. The topological polar surface area (TPSA) is 75.4 Å². The van der Waals surface area contributed by atoms with E-state index in [1.54, 1.807) is 13.0 Å². The van der Waals surface area contributed by atoms with Crippen LogP contribution in [0.1, 0.15) is 37.1 Å². The molecule has 1 fully saturated rings.